The van der Waals surface area contributed by atoms with Crippen LogP contribution in [0.5, 0.6) is 0 Å². The highest BCUT2D eigenvalue weighted by molar-refractivity contribution is 7.91. The molecule has 0 bridgehead atoms. The molecule has 6 heteroatoms. The molecule has 2 atom stereocenters. The normalized spacial score (nSPS) is 19.1. The quantitative estimate of drug-likeness (QED) is 0.767. The molecule has 0 spiro atoms. The number of rotatable bonds is 7. The van der Waals surface area contributed by atoms with Crippen LogP contribution in [0.25, 0.3) is 0 Å². The second-order valence-corrected chi connectivity index (χ2v) is 9.63. The molecule has 0 radical (unpaired) electrons. The van der Waals surface area contributed by atoms with Crippen LogP contribution >= 0.6 is 0 Å². The van der Waals surface area contributed by atoms with Crippen LogP contribution in [0.3, 0.4) is 0 Å². The van der Waals surface area contributed by atoms with Crippen LogP contribution < -0.4 is 10.2 Å². The monoisotopic (exact) mass is 400 g/mol. The minimum Gasteiger partial charge on any atom is -0.376 e. The Bertz CT molecular complexity index is 912. The summed E-state index contributed by atoms with van der Waals surface area (Å²) in [7, 11) is -3.08. The fourth-order valence-corrected chi connectivity index (χ4v) is 5.39. The number of para-hydroxylation sites is 2. The van der Waals surface area contributed by atoms with Gasteiger partial charge in [-0.1, -0.05) is 50.2 Å². The van der Waals surface area contributed by atoms with Crippen molar-refractivity contribution in [3.63, 3.8) is 0 Å². The van der Waals surface area contributed by atoms with Gasteiger partial charge in [-0.05, 0) is 42.5 Å². The van der Waals surface area contributed by atoms with Gasteiger partial charge in [0, 0.05) is 11.4 Å². The summed E-state index contributed by atoms with van der Waals surface area (Å²) in [5, 5.41) is 3.28. The summed E-state index contributed by atoms with van der Waals surface area (Å²) in [6, 6.07) is 17.1. The first-order valence-electron chi connectivity index (χ1n) is 9.81. The number of nitrogens with one attached hydrogen (secondary N) is 1. The highest BCUT2D eigenvalue weighted by Crippen LogP contribution is 2.27. The molecule has 0 aliphatic carbocycles. The van der Waals surface area contributed by atoms with E-state index < -0.39 is 9.84 Å². The molecule has 5 nitrogen and oxygen atoms in total. The van der Waals surface area contributed by atoms with Crippen molar-refractivity contribution >= 4 is 27.1 Å². The number of hydrogen-bond donors (Lipinski definition) is 1. The zero-order valence-electron chi connectivity index (χ0n) is 16.5. The molecule has 3 rings (SSSR count). The van der Waals surface area contributed by atoms with Crippen LogP contribution in [-0.2, 0) is 14.6 Å². The maximum absolute atomic E-state index is 13.1. The van der Waals surface area contributed by atoms with E-state index in [-0.39, 0.29) is 30.0 Å². The third-order valence-corrected chi connectivity index (χ3v) is 7.16. The molecule has 2 aromatic carbocycles. The van der Waals surface area contributed by atoms with Gasteiger partial charge >= 0.3 is 0 Å². The molecule has 1 aliphatic heterocycles. The van der Waals surface area contributed by atoms with Gasteiger partial charge in [-0.15, -0.1) is 0 Å². The first-order chi connectivity index (χ1) is 13.4. The van der Waals surface area contributed by atoms with Crippen LogP contribution in [0.2, 0.25) is 0 Å². The Labute approximate surface area is 167 Å². The first kappa shape index (κ1) is 20.4. The van der Waals surface area contributed by atoms with Crippen molar-refractivity contribution in [1.29, 1.82) is 0 Å². The number of hydrogen-bond acceptors (Lipinski definition) is 4. The van der Waals surface area contributed by atoms with E-state index in [9.17, 15) is 13.2 Å². The first-order valence-corrected chi connectivity index (χ1v) is 11.6. The average Bonchev–Trinajstić information content (AvgIpc) is 3.06. The van der Waals surface area contributed by atoms with Crippen LogP contribution in [0, 0.1) is 0 Å². The standard InChI is InChI=1S/C22H28N2O3S/c1-3-17(2)20-11-7-8-12-21(20)23-15-22(25)24(18-9-5-4-6-10-18)19-13-14-28(26,27)16-19/h4-12,17,19,23H,3,13-16H2,1-2H3/t17-,19-/m1/s1. The summed E-state index contributed by atoms with van der Waals surface area (Å²) in [4.78, 5) is 14.8. The zero-order chi connectivity index (χ0) is 20.1. The fraction of sp³-hybridized carbons (Fsp3) is 0.409. The maximum Gasteiger partial charge on any atom is 0.246 e. The number of carbonyl (C=O) groups is 1. The number of sulfone groups is 1. The van der Waals surface area contributed by atoms with Gasteiger partial charge in [-0.3, -0.25) is 4.79 Å². The van der Waals surface area contributed by atoms with Gasteiger partial charge in [0.05, 0.1) is 24.1 Å². The number of nitrogens with zero attached hydrogens (tertiary/aromatic N) is 1. The molecule has 1 heterocycles. The van der Waals surface area contributed by atoms with Crippen molar-refractivity contribution in [3.8, 4) is 0 Å². The van der Waals surface area contributed by atoms with Crippen molar-refractivity contribution in [1.82, 2.24) is 0 Å². The van der Waals surface area contributed by atoms with E-state index in [1.165, 1.54) is 5.56 Å². The van der Waals surface area contributed by atoms with E-state index in [1.54, 1.807) is 4.90 Å². The van der Waals surface area contributed by atoms with Crippen molar-refractivity contribution in [3.05, 3.63) is 60.2 Å². The zero-order valence-corrected chi connectivity index (χ0v) is 17.3. The molecular formula is C22H28N2O3S. The van der Waals surface area contributed by atoms with Crippen LogP contribution in [0.15, 0.2) is 54.6 Å². The van der Waals surface area contributed by atoms with Gasteiger partial charge in [0.1, 0.15) is 0 Å². The Balaban J connectivity index is 1.80. The molecule has 2 aromatic rings. The molecule has 0 unspecified atom stereocenters. The Hall–Kier alpha value is -2.34. The van der Waals surface area contributed by atoms with Crippen LogP contribution in [0.4, 0.5) is 11.4 Å². The van der Waals surface area contributed by atoms with Crippen LogP contribution in [-0.4, -0.2) is 38.4 Å². The molecule has 1 aliphatic rings. The molecule has 28 heavy (non-hydrogen) atoms. The van der Waals surface area contributed by atoms with Crippen LogP contribution in [0.1, 0.15) is 38.2 Å². The molecule has 1 saturated heterocycles. The van der Waals surface area contributed by atoms with Crippen molar-refractivity contribution in [2.75, 3.05) is 28.3 Å². The van der Waals surface area contributed by atoms with Gasteiger partial charge in [0.25, 0.3) is 0 Å². The van der Waals surface area contributed by atoms with Crippen molar-refractivity contribution < 1.29 is 13.2 Å². The molecule has 1 fully saturated rings. The lowest BCUT2D eigenvalue weighted by atomic mass is 9.97. The highest BCUT2D eigenvalue weighted by atomic mass is 32.2. The minimum absolute atomic E-state index is 0.0249. The molecular weight excluding hydrogens is 372 g/mol. The summed E-state index contributed by atoms with van der Waals surface area (Å²) in [6.45, 7) is 4.44. The Morgan fingerprint density at radius 2 is 1.82 bits per heavy atom. The van der Waals surface area contributed by atoms with Gasteiger partial charge in [0.15, 0.2) is 9.84 Å². The largest absolute Gasteiger partial charge is 0.376 e. The third-order valence-electron chi connectivity index (χ3n) is 5.41. The van der Waals surface area contributed by atoms with E-state index in [1.807, 2.05) is 48.5 Å². The predicted octanol–water partition coefficient (Wildman–Crippen LogP) is 3.83. The fourth-order valence-electron chi connectivity index (χ4n) is 3.69. The lowest BCUT2D eigenvalue weighted by Crippen LogP contribution is -2.44. The Morgan fingerprint density at radius 3 is 2.46 bits per heavy atom. The molecule has 1 N–H and O–H groups in total. The van der Waals surface area contributed by atoms with E-state index >= 15 is 0 Å². The third kappa shape index (κ3) is 4.73. The van der Waals surface area contributed by atoms with E-state index in [0.717, 1.165) is 17.8 Å². The van der Waals surface area contributed by atoms with Gasteiger partial charge in [-0.25, -0.2) is 8.42 Å². The van der Waals surface area contributed by atoms with Gasteiger partial charge < -0.3 is 10.2 Å². The van der Waals surface area contributed by atoms with Gasteiger partial charge in [-0.2, -0.15) is 0 Å². The molecule has 0 aromatic heterocycles. The topological polar surface area (TPSA) is 66.5 Å². The Morgan fingerprint density at radius 1 is 1.14 bits per heavy atom. The SMILES string of the molecule is CC[C@@H](C)c1ccccc1NCC(=O)N(c1ccccc1)[C@@H]1CCS(=O)(=O)C1. The lowest BCUT2D eigenvalue weighted by molar-refractivity contribution is -0.117. The van der Waals surface area contributed by atoms with Crippen molar-refractivity contribution in [2.24, 2.45) is 0 Å². The van der Waals surface area contributed by atoms with E-state index in [4.69, 9.17) is 0 Å². The smallest absolute Gasteiger partial charge is 0.246 e. The number of anilines is 2. The minimum atomic E-state index is -3.08. The van der Waals surface area contributed by atoms with Crippen molar-refractivity contribution in [2.45, 2.75) is 38.6 Å². The molecule has 1 amide bonds. The summed E-state index contributed by atoms with van der Waals surface area (Å²) in [5.41, 5.74) is 2.89. The summed E-state index contributed by atoms with van der Waals surface area (Å²) >= 11 is 0. The highest BCUT2D eigenvalue weighted by Gasteiger charge is 2.35. The Kier molecular flexibility index (Phi) is 6.39. The summed E-state index contributed by atoms with van der Waals surface area (Å²) in [6.07, 6.45) is 1.50. The average molecular weight is 401 g/mol. The van der Waals surface area contributed by atoms with E-state index in [0.29, 0.717) is 12.3 Å². The second kappa shape index (κ2) is 8.78. The summed E-state index contributed by atoms with van der Waals surface area (Å²) in [5.74, 6) is 0.437. The number of amides is 1. The summed E-state index contributed by atoms with van der Waals surface area (Å²) < 4.78 is 24.0. The maximum atomic E-state index is 13.1. The second-order valence-electron chi connectivity index (χ2n) is 7.41. The number of carbonyl (C=O) groups excluding carboxylic acids is 1. The molecule has 150 valence electrons. The van der Waals surface area contributed by atoms with Gasteiger partial charge in [0.2, 0.25) is 5.91 Å². The molecule has 0 saturated carbocycles. The van der Waals surface area contributed by atoms with E-state index in [2.05, 4.69) is 25.2 Å². The lowest BCUT2D eigenvalue weighted by Gasteiger charge is -2.29. The predicted molar refractivity (Wildman–Crippen MR) is 115 cm³/mol. The number of benzene rings is 2.